The highest BCUT2D eigenvalue weighted by Crippen LogP contribution is 2.40. The molecule has 0 aliphatic heterocycles. The summed E-state index contributed by atoms with van der Waals surface area (Å²) in [6.45, 7) is 5.37. The number of anilines is 2. The van der Waals surface area contributed by atoms with Crippen LogP contribution in [-0.4, -0.2) is 41.2 Å². The predicted octanol–water partition coefficient (Wildman–Crippen LogP) is 4.91. The number of benzene rings is 1. The lowest BCUT2D eigenvalue weighted by molar-refractivity contribution is 0.185. The van der Waals surface area contributed by atoms with E-state index in [1.54, 1.807) is 45.2 Å². The van der Waals surface area contributed by atoms with Crippen LogP contribution in [0.15, 0.2) is 46.2 Å². The molecule has 4 rings (SSSR count). The Hall–Kier alpha value is -2.96. The van der Waals surface area contributed by atoms with E-state index < -0.39 is 21.7 Å². The van der Waals surface area contributed by atoms with Crippen LogP contribution in [-0.2, 0) is 10.0 Å². The van der Waals surface area contributed by atoms with E-state index in [-0.39, 0.29) is 22.9 Å². The lowest BCUT2D eigenvalue weighted by Crippen LogP contribution is -2.40. The monoisotopic (exact) mass is 519 g/mol. The smallest absolute Gasteiger partial charge is 0.404 e. The van der Waals surface area contributed by atoms with Crippen LogP contribution in [0.3, 0.4) is 0 Å². The molecule has 1 saturated carbocycles. The van der Waals surface area contributed by atoms with E-state index in [2.05, 4.69) is 25.3 Å². The summed E-state index contributed by atoms with van der Waals surface area (Å²) in [6.07, 6.45) is 6.81. The molecule has 1 aromatic carbocycles. The van der Waals surface area contributed by atoms with Crippen LogP contribution in [0.4, 0.5) is 16.5 Å². The van der Waals surface area contributed by atoms with Crippen LogP contribution < -0.4 is 15.4 Å². The average molecular weight is 520 g/mol. The molecule has 1 aliphatic carbocycles. The van der Waals surface area contributed by atoms with E-state index in [0.29, 0.717) is 11.3 Å². The molecular formula is C23H29N5O5S2. The summed E-state index contributed by atoms with van der Waals surface area (Å²) in [6, 6.07) is 5.33. The molecule has 0 radical (unpaired) electrons. The SMILES string of the molecule is CC(C)(C)NS(=O)(=O)c1cc(Nc2ncco2)ccc1-c1cnc(C2CCC(NC(=O)O)CC2)s1. The molecule has 35 heavy (non-hydrogen) atoms. The van der Waals surface area contributed by atoms with Crippen LogP contribution in [0.1, 0.15) is 57.4 Å². The highest BCUT2D eigenvalue weighted by atomic mass is 32.2. The maximum absolute atomic E-state index is 13.4. The van der Waals surface area contributed by atoms with E-state index >= 15 is 0 Å². The Bertz CT molecular complexity index is 1270. The maximum Gasteiger partial charge on any atom is 0.404 e. The Kier molecular flexibility index (Phi) is 7.15. The zero-order valence-electron chi connectivity index (χ0n) is 19.7. The summed E-state index contributed by atoms with van der Waals surface area (Å²) in [4.78, 5) is 20.4. The largest absolute Gasteiger partial charge is 0.465 e. The van der Waals surface area contributed by atoms with E-state index in [4.69, 9.17) is 9.52 Å². The first kappa shape index (κ1) is 25.1. The quantitative estimate of drug-likeness (QED) is 0.344. The van der Waals surface area contributed by atoms with Crippen molar-refractivity contribution in [1.29, 1.82) is 0 Å². The Labute approximate surface area is 208 Å². The van der Waals surface area contributed by atoms with Gasteiger partial charge < -0.3 is 20.2 Å². The number of amides is 1. The van der Waals surface area contributed by atoms with Gasteiger partial charge in [0.15, 0.2) is 0 Å². The molecule has 4 N–H and O–H groups in total. The molecule has 1 amide bonds. The minimum Gasteiger partial charge on any atom is -0.465 e. The first-order valence-electron chi connectivity index (χ1n) is 11.3. The van der Waals surface area contributed by atoms with Gasteiger partial charge in [-0.3, -0.25) is 0 Å². The Morgan fingerprint density at radius 2 is 1.91 bits per heavy atom. The van der Waals surface area contributed by atoms with Gasteiger partial charge in [0.05, 0.1) is 21.0 Å². The molecule has 0 bridgehead atoms. The van der Waals surface area contributed by atoms with Crippen LogP contribution in [0.2, 0.25) is 0 Å². The molecule has 0 saturated heterocycles. The second kappa shape index (κ2) is 9.96. The molecule has 188 valence electrons. The third kappa shape index (κ3) is 6.38. The van der Waals surface area contributed by atoms with Gasteiger partial charge in [0, 0.05) is 34.9 Å². The fourth-order valence-electron chi connectivity index (χ4n) is 4.15. The number of thiazole rings is 1. The van der Waals surface area contributed by atoms with Gasteiger partial charge in [-0.1, -0.05) is 6.07 Å². The van der Waals surface area contributed by atoms with Crippen molar-refractivity contribution >= 4 is 39.2 Å². The van der Waals surface area contributed by atoms with E-state index in [1.807, 2.05) is 0 Å². The van der Waals surface area contributed by atoms with Gasteiger partial charge in [-0.05, 0) is 58.6 Å². The number of carbonyl (C=O) groups is 1. The summed E-state index contributed by atoms with van der Waals surface area (Å²) in [5.41, 5.74) is 0.424. The third-order valence-electron chi connectivity index (χ3n) is 5.59. The molecule has 0 atom stereocenters. The second-order valence-electron chi connectivity index (χ2n) is 9.59. The molecule has 1 aliphatic rings. The van der Waals surface area contributed by atoms with E-state index in [9.17, 15) is 13.2 Å². The van der Waals surface area contributed by atoms with Crippen LogP contribution in [0.25, 0.3) is 10.4 Å². The standard InChI is InChI=1S/C23H29N5O5S2/c1-23(2,3)28-35(31,32)19-12-16(26-21-24-10-11-33-21)8-9-17(19)18-13-25-20(34-18)14-4-6-15(7-5-14)27-22(29)30/h8-15,27-28H,4-7H2,1-3H3,(H,24,26)(H,29,30). The fraction of sp³-hybridized carbons (Fsp3) is 0.435. The lowest BCUT2D eigenvalue weighted by Gasteiger charge is -2.27. The van der Waals surface area contributed by atoms with Gasteiger partial charge in [0.1, 0.15) is 6.26 Å². The molecule has 1 fully saturated rings. The van der Waals surface area contributed by atoms with Crippen molar-refractivity contribution in [3.8, 4) is 10.4 Å². The Balaban J connectivity index is 1.63. The highest BCUT2D eigenvalue weighted by molar-refractivity contribution is 7.89. The zero-order chi connectivity index (χ0) is 25.2. The van der Waals surface area contributed by atoms with Crippen LogP contribution in [0, 0.1) is 0 Å². The number of oxazole rings is 1. The minimum absolute atomic E-state index is 0.0351. The molecule has 12 heteroatoms. The minimum atomic E-state index is -3.86. The van der Waals surface area contributed by atoms with E-state index in [0.717, 1.165) is 35.6 Å². The van der Waals surface area contributed by atoms with Gasteiger partial charge in [-0.15, -0.1) is 11.3 Å². The van der Waals surface area contributed by atoms with Crippen molar-refractivity contribution < 1.29 is 22.7 Å². The van der Waals surface area contributed by atoms with Crippen molar-refractivity contribution in [2.45, 2.75) is 68.8 Å². The van der Waals surface area contributed by atoms with Gasteiger partial charge in [0.2, 0.25) is 10.0 Å². The number of aromatic nitrogens is 2. The maximum atomic E-state index is 13.4. The molecular weight excluding hydrogens is 490 g/mol. The lowest BCUT2D eigenvalue weighted by atomic mass is 9.86. The molecule has 3 aromatic rings. The fourth-order valence-corrected chi connectivity index (χ4v) is 7.01. The zero-order valence-corrected chi connectivity index (χ0v) is 21.4. The summed E-state index contributed by atoms with van der Waals surface area (Å²) in [5, 5.41) is 15.4. The van der Waals surface area contributed by atoms with Crippen LogP contribution >= 0.6 is 11.3 Å². The van der Waals surface area contributed by atoms with E-state index in [1.165, 1.54) is 23.8 Å². The summed E-state index contributed by atoms with van der Waals surface area (Å²) < 4.78 is 34.7. The summed E-state index contributed by atoms with van der Waals surface area (Å²) in [7, 11) is -3.86. The van der Waals surface area contributed by atoms with Crippen LogP contribution in [0.5, 0.6) is 0 Å². The molecule has 2 aromatic heterocycles. The predicted molar refractivity (Wildman–Crippen MR) is 134 cm³/mol. The second-order valence-corrected chi connectivity index (χ2v) is 12.3. The van der Waals surface area contributed by atoms with Crippen molar-refractivity contribution in [1.82, 2.24) is 20.0 Å². The van der Waals surface area contributed by atoms with Crippen molar-refractivity contribution in [3.63, 3.8) is 0 Å². The molecule has 0 spiro atoms. The number of nitrogens with zero attached hydrogens (tertiary/aromatic N) is 2. The van der Waals surface area contributed by atoms with Gasteiger partial charge in [-0.2, -0.15) is 0 Å². The topological polar surface area (TPSA) is 146 Å². The van der Waals surface area contributed by atoms with Gasteiger partial charge in [-0.25, -0.2) is 27.9 Å². The normalized spacial score (nSPS) is 18.8. The first-order chi connectivity index (χ1) is 16.5. The molecule has 10 nitrogen and oxygen atoms in total. The molecule has 0 unspecified atom stereocenters. The first-order valence-corrected chi connectivity index (χ1v) is 13.6. The van der Waals surface area contributed by atoms with Gasteiger partial charge >= 0.3 is 6.09 Å². The highest BCUT2D eigenvalue weighted by Gasteiger charge is 2.28. The number of hydrogen-bond acceptors (Lipinski definition) is 8. The third-order valence-corrected chi connectivity index (χ3v) is 8.58. The Morgan fingerprint density at radius 3 is 2.54 bits per heavy atom. The summed E-state index contributed by atoms with van der Waals surface area (Å²) in [5.74, 6) is 0.222. The number of rotatable bonds is 7. The van der Waals surface area contributed by atoms with Crippen molar-refractivity contribution in [2.75, 3.05) is 5.32 Å². The number of hydrogen-bond donors (Lipinski definition) is 4. The van der Waals surface area contributed by atoms with Crippen molar-refractivity contribution in [3.05, 3.63) is 41.9 Å². The Morgan fingerprint density at radius 1 is 1.17 bits per heavy atom. The van der Waals surface area contributed by atoms with Crippen molar-refractivity contribution in [2.24, 2.45) is 0 Å². The number of nitrogens with one attached hydrogen (secondary N) is 3. The number of carboxylic acid groups (broad SMARTS) is 1. The van der Waals surface area contributed by atoms with Gasteiger partial charge in [0.25, 0.3) is 6.01 Å². The average Bonchev–Trinajstić information content (AvgIpc) is 3.45. The number of sulfonamides is 1. The molecule has 2 heterocycles. The summed E-state index contributed by atoms with van der Waals surface area (Å²) >= 11 is 1.48.